The van der Waals surface area contributed by atoms with Gasteiger partial charge in [0, 0.05) is 27.7 Å². The van der Waals surface area contributed by atoms with Gasteiger partial charge in [0.25, 0.3) is 0 Å². The summed E-state index contributed by atoms with van der Waals surface area (Å²) >= 11 is 13.6. The van der Waals surface area contributed by atoms with Crippen molar-refractivity contribution in [3.05, 3.63) is 33.8 Å². The van der Waals surface area contributed by atoms with Gasteiger partial charge < -0.3 is 5.11 Å². The maximum Gasteiger partial charge on any atom is 0.0461 e. The molecule has 0 aliphatic carbocycles. The minimum absolute atomic E-state index is 0.239. The third-order valence-electron chi connectivity index (χ3n) is 2.07. The highest BCUT2D eigenvalue weighted by molar-refractivity contribution is 7.99. The molecule has 0 saturated carbocycles. The Kier molecular flexibility index (Phi) is 5.83. The van der Waals surface area contributed by atoms with Crippen LogP contribution in [0.4, 0.5) is 0 Å². The second-order valence-corrected chi connectivity index (χ2v) is 5.64. The highest BCUT2D eigenvalue weighted by Crippen LogP contribution is 2.27. The molecule has 1 unspecified atom stereocenters. The predicted molar refractivity (Wildman–Crippen MR) is 68.9 cm³/mol. The van der Waals surface area contributed by atoms with Crippen LogP contribution in [0, 0.1) is 0 Å². The molecule has 1 rings (SSSR count). The first-order valence-corrected chi connectivity index (χ1v) is 6.60. The fraction of sp³-hybridized carbons (Fsp3) is 0.455. The molecule has 0 saturated heterocycles. The van der Waals surface area contributed by atoms with Crippen LogP contribution in [-0.4, -0.2) is 17.0 Å². The fourth-order valence-corrected chi connectivity index (χ4v) is 2.68. The summed E-state index contributed by atoms with van der Waals surface area (Å²) in [4.78, 5) is 0. The second-order valence-electron chi connectivity index (χ2n) is 3.37. The van der Waals surface area contributed by atoms with Gasteiger partial charge in [0.05, 0.1) is 0 Å². The molecule has 0 spiro atoms. The van der Waals surface area contributed by atoms with Gasteiger partial charge in [0.1, 0.15) is 0 Å². The van der Waals surface area contributed by atoms with E-state index < -0.39 is 0 Å². The molecular formula is C11H14Cl2OS. The lowest BCUT2D eigenvalue weighted by Gasteiger charge is -2.10. The zero-order chi connectivity index (χ0) is 11.3. The molecule has 0 amide bonds. The number of thioether (sulfide) groups is 1. The van der Waals surface area contributed by atoms with Crippen LogP contribution < -0.4 is 0 Å². The van der Waals surface area contributed by atoms with E-state index >= 15 is 0 Å². The van der Waals surface area contributed by atoms with Crippen LogP contribution in [0.3, 0.4) is 0 Å². The van der Waals surface area contributed by atoms with E-state index in [0.717, 1.165) is 17.7 Å². The highest BCUT2D eigenvalue weighted by Gasteiger charge is 2.05. The zero-order valence-electron chi connectivity index (χ0n) is 8.54. The van der Waals surface area contributed by atoms with Crippen molar-refractivity contribution < 1.29 is 5.11 Å². The number of aliphatic hydroxyl groups excluding tert-OH is 1. The number of halogens is 2. The molecule has 1 nitrogen and oxygen atoms in total. The normalized spacial score (nSPS) is 12.8. The van der Waals surface area contributed by atoms with Crippen molar-refractivity contribution in [1.29, 1.82) is 0 Å². The Balaban J connectivity index is 2.50. The van der Waals surface area contributed by atoms with Crippen molar-refractivity contribution in [2.24, 2.45) is 0 Å². The van der Waals surface area contributed by atoms with Gasteiger partial charge in [-0.05, 0) is 24.1 Å². The molecule has 0 fully saturated rings. The lowest BCUT2D eigenvalue weighted by atomic mass is 10.2. The molecule has 1 N–H and O–H groups in total. The molecule has 0 heterocycles. The molecule has 1 aromatic rings. The van der Waals surface area contributed by atoms with Crippen LogP contribution in [0.2, 0.25) is 10.0 Å². The number of benzene rings is 1. The van der Waals surface area contributed by atoms with Crippen LogP contribution in [0.15, 0.2) is 18.2 Å². The van der Waals surface area contributed by atoms with Crippen LogP contribution in [0.5, 0.6) is 0 Å². The first-order valence-electron chi connectivity index (χ1n) is 4.80. The van der Waals surface area contributed by atoms with Crippen LogP contribution in [-0.2, 0) is 5.75 Å². The van der Waals surface area contributed by atoms with Crippen LogP contribution in [0.25, 0.3) is 0 Å². The Bertz CT molecular complexity index is 317. The molecule has 0 radical (unpaired) electrons. The maximum atomic E-state index is 8.77. The Morgan fingerprint density at radius 1 is 1.40 bits per heavy atom. The molecule has 0 bridgehead atoms. The summed E-state index contributed by atoms with van der Waals surface area (Å²) in [6.07, 6.45) is 0.815. The highest BCUT2D eigenvalue weighted by atomic mass is 35.5. The monoisotopic (exact) mass is 264 g/mol. The second kappa shape index (κ2) is 6.64. The first kappa shape index (κ1) is 13.2. The summed E-state index contributed by atoms with van der Waals surface area (Å²) < 4.78 is 0. The van der Waals surface area contributed by atoms with Gasteiger partial charge in [0.15, 0.2) is 0 Å². The molecule has 0 aliphatic heterocycles. The molecule has 1 atom stereocenters. The predicted octanol–water partition coefficient (Wildman–Crippen LogP) is 4.00. The SMILES string of the molecule is CC(CCO)SCc1ccc(Cl)cc1Cl. The largest absolute Gasteiger partial charge is 0.396 e. The molecule has 84 valence electrons. The minimum Gasteiger partial charge on any atom is -0.396 e. The van der Waals surface area contributed by atoms with E-state index in [1.54, 1.807) is 17.8 Å². The average Bonchev–Trinajstić information content (AvgIpc) is 2.17. The number of rotatable bonds is 5. The minimum atomic E-state index is 0.239. The summed E-state index contributed by atoms with van der Waals surface area (Å²) in [5, 5.41) is 10.6. The van der Waals surface area contributed by atoms with E-state index in [1.807, 2.05) is 12.1 Å². The summed E-state index contributed by atoms with van der Waals surface area (Å²) in [5.74, 6) is 0.858. The Hall–Kier alpha value is 0.110. The van der Waals surface area contributed by atoms with Gasteiger partial charge in [-0.3, -0.25) is 0 Å². The molecule has 1 aromatic carbocycles. The van der Waals surface area contributed by atoms with E-state index in [4.69, 9.17) is 28.3 Å². The molecule has 0 aliphatic rings. The number of hydrogen-bond donors (Lipinski definition) is 1. The lowest BCUT2D eigenvalue weighted by molar-refractivity contribution is 0.289. The Labute approximate surface area is 105 Å². The van der Waals surface area contributed by atoms with E-state index in [9.17, 15) is 0 Å². The van der Waals surface area contributed by atoms with Gasteiger partial charge in [-0.2, -0.15) is 11.8 Å². The van der Waals surface area contributed by atoms with Crippen molar-refractivity contribution in [1.82, 2.24) is 0 Å². The summed E-state index contributed by atoms with van der Waals surface area (Å²) in [6, 6.07) is 5.55. The fourth-order valence-electron chi connectivity index (χ4n) is 1.14. The zero-order valence-corrected chi connectivity index (χ0v) is 10.9. The van der Waals surface area contributed by atoms with E-state index in [-0.39, 0.29) is 6.61 Å². The Morgan fingerprint density at radius 2 is 2.13 bits per heavy atom. The quantitative estimate of drug-likeness (QED) is 0.868. The van der Waals surface area contributed by atoms with E-state index in [2.05, 4.69) is 6.92 Å². The number of hydrogen-bond acceptors (Lipinski definition) is 2. The van der Waals surface area contributed by atoms with Crippen molar-refractivity contribution in [2.45, 2.75) is 24.3 Å². The van der Waals surface area contributed by atoms with Crippen LogP contribution >= 0.6 is 35.0 Å². The van der Waals surface area contributed by atoms with E-state index in [1.165, 1.54) is 0 Å². The topological polar surface area (TPSA) is 20.2 Å². The molecule has 4 heteroatoms. The molecular weight excluding hydrogens is 251 g/mol. The van der Waals surface area contributed by atoms with Crippen molar-refractivity contribution >= 4 is 35.0 Å². The maximum absolute atomic E-state index is 8.77. The smallest absolute Gasteiger partial charge is 0.0461 e. The van der Waals surface area contributed by atoms with E-state index in [0.29, 0.717) is 15.3 Å². The summed E-state index contributed by atoms with van der Waals surface area (Å²) in [7, 11) is 0. The van der Waals surface area contributed by atoms with Crippen molar-refractivity contribution in [3.8, 4) is 0 Å². The standard InChI is InChI=1S/C11H14Cl2OS/c1-8(4-5-14)15-7-9-2-3-10(12)6-11(9)13/h2-3,6,8,14H,4-5,7H2,1H3. The molecule has 15 heavy (non-hydrogen) atoms. The lowest BCUT2D eigenvalue weighted by Crippen LogP contribution is -2.00. The summed E-state index contributed by atoms with van der Waals surface area (Å²) in [5.41, 5.74) is 1.09. The van der Waals surface area contributed by atoms with Gasteiger partial charge in [0.2, 0.25) is 0 Å². The average molecular weight is 265 g/mol. The third-order valence-corrected chi connectivity index (χ3v) is 3.94. The summed E-state index contributed by atoms with van der Waals surface area (Å²) in [6.45, 7) is 2.34. The number of aliphatic hydroxyl groups is 1. The molecule has 0 aromatic heterocycles. The van der Waals surface area contributed by atoms with Crippen molar-refractivity contribution in [3.63, 3.8) is 0 Å². The van der Waals surface area contributed by atoms with Gasteiger partial charge in [-0.25, -0.2) is 0 Å². The third kappa shape index (κ3) is 4.64. The van der Waals surface area contributed by atoms with Gasteiger partial charge >= 0.3 is 0 Å². The van der Waals surface area contributed by atoms with Crippen molar-refractivity contribution in [2.75, 3.05) is 6.61 Å². The van der Waals surface area contributed by atoms with Gasteiger partial charge in [-0.15, -0.1) is 0 Å². The van der Waals surface area contributed by atoms with Crippen LogP contribution in [0.1, 0.15) is 18.9 Å². The Morgan fingerprint density at radius 3 is 2.73 bits per heavy atom. The van der Waals surface area contributed by atoms with Gasteiger partial charge in [-0.1, -0.05) is 36.2 Å². The first-order chi connectivity index (χ1) is 7.13.